The number of rotatable bonds is 4. The van der Waals surface area contributed by atoms with Gasteiger partial charge < -0.3 is 4.90 Å². The molecule has 2 aromatic rings. The van der Waals surface area contributed by atoms with E-state index in [4.69, 9.17) is 11.6 Å². The van der Waals surface area contributed by atoms with Gasteiger partial charge in [-0.05, 0) is 41.0 Å². The minimum absolute atomic E-state index is 0.200. The zero-order chi connectivity index (χ0) is 14.2. The monoisotopic (exact) mass is 291 g/mol. The molecule has 0 atom stereocenters. The van der Waals surface area contributed by atoms with Crippen LogP contribution in [-0.4, -0.2) is 33.8 Å². The Bertz CT molecular complexity index is 588. The number of aryl methyl sites for hydroxylation is 1. The van der Waals surface area contributed by atoms with E-state index >= 15 is 0 Å². The van der Waals surface area contributed by atoms with Crippen LogP contribution in [0.25, 0.3) is 0 Å². The van der Waals surface area contributed by atoms with Gasteiger partial charge in [-0.1, -0.05) is 35.3 Å². The second-order valence-electron chi connectivity index (χ2n) is 5.60. The molecular weight excluding hydrogens is 274 g/mol. The maximum atomic E-state index is 5.99. The number of benzene rings is 1. The third-order valence-electron chi connectivity index (χ3n) is 4.25. The van der Waals surface area contributed by atoms with Crippen LogP contribution in [0.1, 0.15) is 24.8 Å². The molecule has 1 fully saturated rings. The van der Waals surface area contributed by atoms with E-state index < -0.39 is 0 Å². The molecule has 1 aliphatic rings. The van der Waals surface area contributed by atoms with Gasteiger partial charge in [0.25, 0.3) is 0 Å². The van der Waals surface area contributed by atoms with Gasteiger partial charge in [-0.3, -0.25) is 0 Å². The number of halogens is 1. The Balaban J connectivity index is 1.83. The predicted octanol–water partition coefficient (Wildman–Crippen LogP) is 2.42. The molecule has 3 rings (SSSR count). The second-order valence-corrected chi connectivity index (χ2v) is 6.04. The minimum Gasteiger partial charge on any atom is -0.342 e. The van der Waals surface area contributed by atoms with Crippen molar-refractivity contribution >= 4 is 17.5 Å². The van der Waals surface area contributed by atoms with Crippen molar-refractivity contribution in [1.29, 1.82) is 0 Å². The summed E-state index contributed by atoms with van der Waals surface area (Å²) in [6, 6.07) is 8.23. The summed E-state index contributed by atoms with van der Waals surface area (Å²) in [5.41, 5.74) is 1.56. The Morgan fingerprint density at radius 3 is 2.50 bits per heavy atom. The topological polar surface area (TPSA) is 46.8 Å². The van der Waals surface area contributed by atoms with Crippen molar-refractivity contribution in [2.24, 2.45) is 7.05 Å². The van der Waals surface area contributed by atoms with Crippen molar-refractivity contribution in [3.8, 4) is 0 Å². The molecular formula is C14H18ClN5. The highest BCUT2D eigenvalue weighted by atomic mass is 35.5. The van der Waals surface area contributed by atoms with E-state index in [9.17, 15) is 0 Å². The van der Waals surface area contributed by atoms with Gasteiger partial charge in [0, 0.05) is 31.1 Å². The fourth-order valence-electron chi connectivity index (χ4n) is 3.02. The highest BCUT2D eigenvalue weighted by molar-refractivity contribution is 6.30. The highest BCUT2D eigenvalue weighted by Crippen LogP contribution is 2.44. The first-order valence-electron chi connectivity index (χ1n) is 6.80. The van der Waals surface area contributed by atoms with Crippen LogP contribution in [-0.2, 0) is 12.5 Å². The van der Waals surface area contributed by atoms with E-state index in [2.05, 4.69) is 32.6 Å². The third-order valence-corrected chi connectivity index (χ3v) is 4.50. The van der Waals surface area contributed by atoms with Gasteiger partial charge in [0.05, 0.1) is 0 Å². The largest absolute Gasteiger partial charge is 0.342 e. The van der Waals surface area contributed by atoms with Crippen LogP contribution in [0.5, 0.6) is 0 Å². The third kappa shape index (κ3) is 2.26. The van der Waals surface area contributed by atoms with E-state index in [1.165, 1.54) is 24.8 Å². The fraction of sp³-hybridized carbons (Fsp3) is 0.500. The van der Waals surface area contributed by atoms with Crippen LogP contribution in [0.2, 0.25) is 5.02 Å². The zero-order valence-electron chi connectivity index (χ0n) is 11.8. The molecule has 20 heavy (non-hydrogen) atoms. The van der Waals surface area contributed by atoms with E-state index in [1.54, 1.807) is 4.68 Å². The molecule has 0 spiro atoms. The first-order chi connectivity index (χ1) is 9.61. The molecule has 5 nitrogen and oxygen atoms in total. The molecule has 0 aliphatic heterocycles. The van der Waals surface area contributed by atoms with Gasteiger partial charge in [0.15, 0.2) is 0 Å². The number of aromatic nitrogens is 4. The first kappa shape index (κ1) is 13.4. The molecule has 1 heterocycles. The van der Waals surface area contributed by atoms with E-state index in [-0.39, 0.29) is 5.41 Å². The zero-order valence-corrected chi connectivity index (χ0v) is 12.5. The molecule has 1 aromatic heterocycles. The number of anilines is 1. The van der Waals surface area contributed by atoms with Crippen molar-refractivity contribution < 1.29 is 0 Å². The minimum atomic E-state index is 0.200. The van der Waals surface area contributed by atoms with Gasteiger partial charge in [0.1, 0.15) is 0 Å². The lowest BCUT2D eigenvalue weighted by atomic mass is 9.64. The Morgan fingerprint density at radius 1 is 1.30 bits per heavy atom. The van der Waals surface area contributed by atoms with Gasteiger partial charge >= 0.3 is 0 Å². The number of hydrogen-bond donors (Lipinski definition) is 0. The molecule has 1 aliphatic carbocycles. The normalized spacial score (nSPS) is 16.8. The Hall–Kier alpha value is -1.62. The molecule has 0 unspecified atom stereocenters. The van der Waals surface area contributed by atoms with Crippen molar-refractivity contribution in [3.63, 3.8) is 0 Å². The Labute approximate surface area is 123 Å². The molecule has 6 heteroatoms. The molecule has 0 amide bonds. The molecule has 0 radical (unpaired) electrons. The smallest absolute Gasteiger partial charge is 0.245 e. The lowest BCUT2D eigenvalue weighted by molar-refractivity contribution is 0.249. The van der Waals surface area contributed by atoms with Crippen LogP contribution in [0.15, 0.2) is 24.3 Å². The summed E-state index contributed by atoms with van der Waals surface area (Å²) in [6.07, 6.45) is 3.67. The summed E-state index contributed by atoms with van der Waals surface area (Å²) in [5.74, 6) is 0.797. The summed E-state index contributed by atoms with van der Waals surface area (Å²) >= 11 is 5.99. The van der Waals surface area contributed by atoms with Crippen molar-refractivity contribution in [3.05, 3.63) is 34.9 Å². The molecule has 0 bridgehead atoms. The van der Waals surface area contributed by atoms with Gasteiger partial charge in [-0.25, -0.2) is 4.68 Å². The van der Waals surface area contributed by atoms with Crippen LogP contribution in [0.4, 0.5) is 5.95 Å². The fourth-order valence-corrected chi connectivity index (χ4v) is 3.14. The van der Waals surface area contributed by atoms with E-state index in [0.717, 1.165) is 17.5 Å². The van der Waals surface area contributed by atoms with E-state index in [1.807, 2.05) is 26.2 Å². The van der Waals surface area contributed by atoms with Crippen LogP contribution in [0, 0.1) is 0 Å². The summed E-state index contributed by atoms with van der Waals surface area (Å²) in [5, 5.41) is 12.5. The number of nitrogens with zero attached hydrogens (tertiary/aromatic N) is 5. The van der Waals surface area contributed by atoms with Crippen LogP contribution >= 0.6 is 11.6 Å². The summed E-state index contributed by atoms with van der Waals surface area (Å²) < 4.78 is 1.70. The standard InChI is InChI=1S/C14H18ClN5/c1-19(13-16-17-18-20(13)2)10-14(8-3-9-14)11-4-6-12(15)7-5-11/h4-7H,3,8-10H2,1-2H3. The average Bonchev–Trinajstić information content (AvgIpc) is 2.81. The molecule has 106 valence electrons. The van der Waals surface area contributed by atoms with Gasteiger partial charge in [0.2, 0.25) is 5.95 Å². The number of hydrogen-bond acceptors (Lipinski definition) is 4. The SMILES string of the molecule is CN(CC1(c2ccc(Cl)cc2)CCC1)c1nnnn1C. The number of tetrazole rings is 1. The van der Waals surface area contributed by atoms with E-state index in [0.29, 0.717) is 0 Å². The quantitative estimate of drug-likeness (QED) is 0.868. The summed E-state index contributed by atoms with van der Waals surface area (Å²) in [7, 11) is 3.91. The second kappa shape index (κ2) is 5.05. The first-order valence-corrected chi connectivity index (χ1v) is 7.18. The summed E-state index contributed by atoms with van der Waals surface area (Å²) in [4.78, 5) is 2.13. The number of likely N-dealkylation sites (N-methyl/N-ethyl adjacent to an activating group) is 1. The van der Waals surface area contributed by atoms with Crippen molar-refractivity contribution in [2.45, 2.75) is 24.7 Å². The molecule has 1 aromatic carbocycles. The van der Waals surface area contributed by atoms with Crippen molar-refractivity contribution in [2.75, 3.05) is 18.5 Å². The Kier molecular flexibility index (Phi) is 3.38. The predicted molar refractivity (Wildman–Crippen MR) is 79.0 cm³/mol. The average molecular weight is 292 g/mol. The highest BCUT2D eigenvalue weighted by Gasteiger charge is 2.40. The van der Waals surface area contributed by atoms with Crippen molar-refractivity contribution in [1.82, 2.24) is 20.2 Å². The lowest BCUT2D eigenvalue weighted by Gasteiger charge is -2.44. The van der Waals surface area contributed by atoms with Gasteiger partial charge in [-0.2, -0.15) is 0 Å². The van der Waals surface area contributed by atoms with Crippen LogP contribution < -0.4 is 4.90 Å². The molecule has 1 saturated carbocycles. The lowest BCUT2D eigenvalue weighted by Crippen LogP contribution is -2.45. The van der Waals surface area contributed by atoms with Gasteiger partial charge in [-0.15, -0.1) is 0 Å². The maximum Gasteiger partial charge on any atom is 0.245 e. The molecule has 0 saturated heterocycles. The maximum absolute atomic E-state index is 5.99. The Morgan fingerprint density at radius 2 is 2.00 bits per heavy atom. The van der Waals surface area contributed by atoms with Crippen LogP contribution in [0.3, 0.4) is 0 Å². The summed E-state index contributed by atoms with van der Waals surface area (Å²) in [6.45, 7) is 0.919. The molecule has 0 N–H and O–H groups in total.